The number of aliphatic hydroxyl groups excluding tert-OH is 1. The number of anilines is 1. The van der Waals surface area contributed by atoms with E-state index in [-0.39, 0.29) is 56.0 Å². The maximum absolute atomic E-state index is 14.4. The van der Waals surface area contributed by atoms with Gasteiger partial charge in [-0.2, -0.15) is 0 Å². The number of β-amino-alcohol motifs (C(OH)–C–C–N with tert-alkyl or cyclic N) is 1. The van der Waals surface area contributed by atoms with Crippen LogP contribution in [-0.4, -0.2) is 126 Å². The second-order valence-electron chi connectivity index (χ2n) is 22.4. The number of primary amides is 1. The number of thiazole rings is 1. The Kier molecular flexibility index (Phi) is 17.5. The average Bonchev–Trinajstić information content (AvgIpc) is 4.01. The van der Waals surface area contributed by atoms with Crippen LogP contribution in [0.15, 0.2) is 96.5 Å². The van der Waals surface area contributed by atoms with Gasteiger partial charge in [-0.3, -0.25) is 47.8 Å². The fourth-order valence-corrected chi connectivity index (χ4v) is 12.2. The first kappa shape index (κ1) is 59.5. The number of ether oxygens (including phenoxy) is 1. The number of fused-ring (bicyclic) bond motifs is 1. The van der Waals surface area contributed by atoms with Gasteiger partial charge in [0.25, 0.3) is 11.4 Å². The number of hydrogen-bond donors (Lipinski definition) is 9. The van der Waals surface area contributed by atoms with Crippen LogP contribution in [0.2, 0.25) is 0 Å². The number of carbonyl (C=O) groups is 8. The van der Waals surface area contributed by atoms with Crippen molar-refractivity contribution in [2.75, 3.05) is 18.1 Å². The highest BCUT2D eigenvalue weighted by atomic mass is 32.1. The highest BCUT2D eigenvalue weighted by Crippen LogP contribution is 2.41. The summed E-state index contributed by atoms with van der Waals surface area (Å²) in [6, 6.07) is 19.5. The maximum Gasteiger partial charge on any atom is 0.396 e. The Morgan fingerprint density at radius 2 is 1.64 bits per heavy atom. The molecule has 5 heterocycles. The van der Waals surface area contributed by atoms with Gasteiger partial charge in [0.05, 0.1) is 33.9 Å². The molecule has 2 aromatic heterocycles. The molecular formula is C59H66N9O13PS. The molecule has 3 aliphatic rings. The summed E-state index contributed by atoms with van der Waals surface area (Å²) in [5, 5.41) is 22.4. The van der Waals surface area contributed by atoms with E-state index in [1.807, 2.05) is 77.1 Å². The molecule has 1 fully saturated rings. The summed E-state index contributed by atoms with van der Waals surface area (Å²) in [6.07, 6.45) is 0.603. The zero-order valence-corrected chi connectivity index (χ0v) is 48.1. The molecule has 9 rings (SSSR count). The predicted molar refractivity (Wildman–Crippen MR) is 308 cm³/mol. The first-order valence-corrected chi connectivity index (χ1v) is 29.7. The quantitative estimate of drug-likeness (QED) is 0.0470. The van der Waals surface area contributed by atoms with Crippen molar-refractivity contribution < 1.29 is 62.6 Å². The van der Waals surface area contributed by atoms with Crippen molar-refractivity contribution in [1.82, 2.24) is 36.1 Å². The molecule has 6 aromatic rings. The minimum atomic E-state index is -5.06. The van der Waals surface area contributed by atoms with Crippen molar-refractivity contribution in [3.05, 3.63) is 136 Å². The van der Waals surface area contributed by atoms with Crippen molar-refractivity contribution in [2.45, 2.75) is 122 Å². The highest BCUT2D eigenvalue weighted by molar-refractivity contribution is 7.70. The second kappa shape index (κ2) is 24.4. The molecule has 83 heavy (non-hydrogen) atoms. The van der Waals surface area contributed by atoms with Crippen LogP contribution in [0.5, 0.6) is 5.75 Å². The molecule has 0 bridgehead atoms. The van der Waals surface area contributed by atoms with Gasteiger partial charge in [0.15, 0.2) is 0 Å². The van der Waals surface area contributed by atoms with Gasteiger partial charge in [-0.05, 0) is 109 Å². The number of benzene rings is 4. The number of nitrogens with zero attached hydrogens (tertiary/aromatic N) is 3. The lowest BCUT2D eigenvalue weighted by Gasteiger charge is -2.35. The molecule has 10 N–H and O–H groups in total. The Balaban J connectivity index is 0.777. The molecule has 0 radical (unpaired) electrons. The number of carbonyl (C=O) groups excluding carboxylic acids is 8. The van der Waals surface area contributed by atoms with Crippen LogP contribution >= 0.6 is 18.9 Å². The monoisotopic (exact) mass is 1170 g/mol. The lowest BCUT2D eigenvalue weighted by atomic mass is 9.85. The van der Waals surface area contributed by atoms with E-state index in [9.17, 15) is 57.8 Å². The number of aliphatic hydroxyl groups is 1. The SMILES string of the molecule is Cc1ncsc1-c1ccc([C@H](C)NC(=O)[C@@H]2C[C@@H](O)CN2C(=O)[C@@H](NC(=O)CCCc2cccc(OC[C@@H](NC(=O)[C@@H]3Cc4cccc5c4N3C(=O)[C@@H](NC(=O)c3cc4cc(C(=O)P(=O)(O)O)ccc4[nH]3)CC5)C(N)=O)c2)C(C)(C)C)cc1. The summed E-state index contributed by atoms with van der Waals surface area (Å²) in [6.45, 7) is 8.81. The number of rotatable bonds is 20. The number of para-hydroxylation sites is 1. The average molecular weight is 1170 g/mol. The summed E-state index contributed by atoms with van der Waals surface area (Å²) in [4.78, 5) is 139. The molecule has 3 aliphatic heterocycles. The normalized spacial score (nSPS) is 18.8. The lowest BCUT2D eigenvalue weighted by molar-refractivity contribution is -0.144. The predicted octanol–water partition coefficient (Wildman–Crippen LogP) is 4.66. The zero-order valence-electron chi connectivity index (χ0n) is 46.3. The summed E-state index contributed by atoms with van der Waals surface area (Å²) in [7, 11) is -5.06. The molecule has 22 nitrogen and oxygen atoms in total. The minimum absolute atomic E-state index is 0.01000. The third-order valence-corrected chi connectivity index (χ3v) is 17.1. The molecule has 0 spiro atoms. The number of H-pyrrole nitrogens is 1. The first-order valence-electron chi connectivity index (χ1n) is 27.2. The third-order valence-electron chi connectivity index (χ3n) is 15.3. The Hall–Kier alpha value is -8.08. The van der Waals surface area contributed by atoms with Crippen LogP contribution in [0, 0.1) is 12.3 Å². The standard InChI is InChI=1S/C59H66N9O13PS/c1-31(34-15-17-36(18-16-34)50-32(2)61-30-83-50)62-54(73)46-27-40(69)28-67(46)57(76)51(59(3,4)5)66-48(70)14-7-10-33-9-6-13-41(23-33)81-29-45(52(60)71)65-55(74)47-26-37-12-8-11-35-19-22-43(56(75)68(47)49(35)37)64-53(72)44-25-39-24-38(20-21-42(39)63-44)58(77)82(78,79)80/h6,8-9,11-13,15-18,20-21,23-25,30-31,40,43,45-47,51,63,69H,7,10,14,19,22,26-29H2,1-5H3,(H2,60,71)(H,62,73)(H,64,72)(H,65,74)(H,66,70)(H2,78,79,80)/t31-,40+,43-,45+,46-,47-,51+/m0/s1. The molecule has 0 aliphatic carbocycles. The number of hydrogen-bond acceptors (Lipinski definition) is 13. The van der Waals surface area contributed by atoms with E-state index >= 15 is 0 Å². The molecule has 7 amide bonds. The number of nitrogens with two attached hydrogens (primary N) is 1. The van der Waals surface area contributed by atoms with Gasteiger partial charge in [0.2, 0.25) is 35.4 Å². The van der Waals surface area contributed by atoms with E-state index in [0.717, 1.165) is 32.8 Å². The molecule has 24 heteroatoms. The smallest absolute Gasteiger partial charge is 0.396 e. The Bertz CT molecular complexity index is 3570. The zero-order chi connectivity index (χ0) is 59.7. The maximum atomic E-state index is 14.4. The fraction of sp³-hybridized carbons (Fsp3) is 0.373. The minimum Gasteiger partial charge on any atom is -0.491 e. The highest BCUT2D eigenvalue weighted by Gasteiger charge is 2.46. The van der Waals surface area contributed by atoms with E-state index in [4.69, 9.17) is 10.5 Å². The molecule has 1 saturated heterocycles. The van der Waals surface area contributed by atoms with E-state index in [2.05, 4.69) is 31.2 Å². The Morgan fingerprint density at radius 1 is 0.916 bits per heavy atom. The summed E-state index contributed by atoms with van der Waals surface area (Å²) >= 11 is 1.55. The Morgan fingerprint density at radius 3 is 2.34 bits per heavy atom. The first-order chi connectivity index (χ1) is 39.3. The number of aromatic nitrogens is 2. The van der Waals surface area contributed by atoms with Gasteiger partial charge >= 0.3 is 7.60 Å². The molecule has 0 saturated carbocycles. The van der Waals surface area contributed by atoms with Crippen LogP contribution < -0.4 is 36.6 Å². The van der Waals surface area contributed by atoms with Gasteiger partial charge in [-0.15, -0.1) is 11.3 Å². The van der Waals surface area contributed by atoms with Gasteiger partial charge in [0, 0.05) is 42.3 Å². The van der Waals surface area contributed by atoms with Gasteiger partial charge in [-0.25, -0.2) is 4.98 Å². The number of nitrogens with one attached hydrogen (secondary N) is 5. The van der Waals surface area contributed by atoms with Crippen LogP contribution in [0.3, 0.4) is 0 Å². The van der Waals surface area contributed by atoms with Crippen molar-refractivity contribution in [2.24, 2.45) is 11.1 Å². The van der Waals surface area contributed by atoms with E-state index in [0.29, 0.717) is 47.2 Å². The lowest BCUT2D eigenvalue weighted by Crippen LogP contribution is -2.57. The molecule has 4 aromatic carbocycles. The molecule has 7 atom stereocenters. The summed E-state index contributed by atoms with van der Waals surface area (Å²) in [5.41, 5.74) is 11.3. The number of amides is 7. The molecular weight excluding hydrogens is 1110 g/mol. The van der Waals surface area contributed by atoms with Crippen molar-refractivity contribution in [3.8, 4) is 16.2 Å². The fourth-order valence-electron chi connectivity index (χ4n) is 10.9. The number of aromatic amines is 1. The second-order valence-corrected chi connectivity index (χ2v) is 24.8. The number of likely N-dealkylation sites (tertiary alicyclic amines) is 1. The van der Waals surface area contributed by atoms with E-state index in [1.165, 1.54) is 34.1 Å². The van der Waals surface area contributed by atoms with E-state index < -0.39 is 96.3 Å². The topological polar surface area (TPSA) is 333 Å². The van der Waals surface area contributed by atoms with Crippen molar-refractivity contribution in [3.63, 3.8) is 0 Å². The third kappa shape index (κ3) is 13.4. The van der Waals surface area contributed by atoms with Crippen LogP contribution in [0.4, 0.5) is 5.69 Å². The van der Waals surface area contributed by atoms with Gasteiger partial charge < -0.3 is 56.5 Å². The summed E-state index contributed by atoms with van der Waals surface area (Å²) < 4.78 is 17.6. The van der Waals surface area contributed by atoms with Crippen molar-refractivity contribution >= 4 is 82.4 Å². The van der Waals surface area contributed by atoms with E-state index in [1.54, 1.807) is 41.1 Å². The molecule has 436 valence electrons. The number of aryl methyl sites for hydroxylation is 3. The van der Waals surface area contributed by atoms with Gasteiger partial charge in [-0.1, -0.05) is 75.4 Å². The largest absolute Gasteiger partial charge is 0.491 e. The van der Waals surface area contributed by atoms with Crippen molar-refractivity contribution in [1.29, 1.82) is 0 Å². The Labute approximate surface area is 482 Å². The molecule has 0 unspecified atom stereocenters. The van der Waals surface area contributed by atoms with Gasteiger partial charge in [0.1, 0.15) is 48.3 Å². The van der Waals surface area contributed by atoms with Crippen LogP contribution in [0.25, 0.3) is 21.3 Å². The van der Waals surface area contributed by atoms with Crippen LogP contribution in [0.1, 0.15) is 108 Å². The van der Waals surface area contributed by atoms with Crippen LogP contribution in [-0.2, 0) is 52.6 Å². The summed E-state index contributed by atoms with van der Waals surface area (Å²) in [5.74, 6) is -3.77.